The number of para-hydroxylation sites is 1. The summed E-state index contributed by atoms with van der Waals surface area (Å²) in [6, 6.07) is 11.5. The van der Waals surface area contributed by atoms with E-state index < -0.39 is 23.5 Å². The normalized spacial score (nSPS) is 15.3. The van der Waals surface area contributed by atoms with Gasteiger partial charge in [0.15, 0.2) is 34.4 Å². The van der Waals surface area contributed by atoms with Crippen molar-refractivity contribution in [1.82, 2.24) is 9.80 Å². The fourth-order valence-electron chi connectivity index (χ4n) is 5.08. The van der Waals surface area contributed by atoms with E-state index in [0.29, 0.717) is 60.0 Å². The van der Waals surface area contributed by atoms with Crippen LogP contribution >= 0.6 is 0 Å². The quantitative estimate of drug-likeness (QED) is 0.179. The molecule has 4 rings (SSSR count). The molecule has 1 aliphatic heterocycles. The molecule has 9 nitrogen and oxygen atoms in total. The van der Waals surface area contributed by atoms with Crippen molar-refractivity contribution in [3.8, 4) is 17.2 Å². The Balaban J connectivity index is 1.75. The number of methoxy groups -OCH3 is 1. The molecule has 3 aromatic rings. The van der Waals surface area contributed by atoms with Crippen molar-refractivity contribution in [1.29, 1.82) is 0 Å². The van der Waals surface area contributed by atoms with Crippen molar-refractivity contribution >= 4 is 22.7 Å². The van der Waals surface area contributed by atoms with E-state index >= 15 is 0 Å². The Morgan fingerprint density at radius 3 is 2.54 bits per heavy atom. The van der Waals surface area contributed by atoms with Crippen LogP contribution in [0.5, 0.6) is 17.2 Å². The van der Waals surface area contributed by atoms with Gasteiger partial charge in [-0.05, 0) is 70.2 Å². The molecule has 1 aromatic heterocycles. The summed E-state index contributed by atoms with van der Waals surface area (Å²) in [6.45, 7) is 6.08. The highest BCUT2D eigenvalue weighted by molar-refractivity contribution is 6.16. The van der Waals surface area contributed by atoms with E-state index in [0.717, 1.165) is 25.8 Å². The molecule has 41 heavy (non-hydrogen) atoms. The molecule has 1 unspecified atom stereocenters. The summed E-state index contributed by atoms with van der Waals surface area (Å²) < 4.78 is 23.2. The minimum Gasteiger partial charge on any atom is -0.503 e. The summed E-state index contributed by atoms with van der Waals surface area (Å²) >= 11 is 0. The van der Waals surface area contributed by atoms with Gasteiger partial charge in [-0.15, -0.1) is 0 Å². The third kappa shape index (κ3) is 6.51. The number of unbranched alkanes of at least 4 members (excludes halogenated alkanes) is 2. The van der Waals surface area contributed by atoms with Gasteiger partial charge in [0.05, 0.1) is 31.9 Å². The number of hydrogen-bond acceptors (Lipinski definition) is 8. The Bertz CT molecular complexity index is 1410. The van der Waals surface area contributed by atoms with Gasteiger partial charge in [-0.3, -0.25) is 9.59 Å². The van der Waals surface area contributed by atoms with E-state index in [-0.39, 0.29) is 11.3 Å². The zero-order valence-electron chi connectivity index (χ0n) is 24.6. The molecule has 1 atom stereocenters. The number of Topliss-reactive ketones (excluding diaryl/α,β-unsaturated/α-hetero) is 1. The highest BCUT2D eigenvalue weighted by Crippen LogP contribution is 2.42. The zero-order chi connectivity index (χ0) is 29.5. The van der Waals surface area contributed by atoms with E-state index in [4.69, 9.17) is 18.6 Å². The maximum Gasteiger partial charge on any atom is 0.290 e. The van der Waals surface area contributed by atoms with Gasteiger partial charge in [-0.2, -0.15) is 0 Å². The standard InChI is InChI=1S/C32H40N2O7/c1-6-8-9-18-40-23-15-14-21(19-25(23)39-7-2)28-27(30(36)32(37)34(28)17-11-16-33(3)4)29(35)26-20-22-12-10-13-24(38-5)31(22)41-26/h10,12-15,19-20,28,36H,6-9,11,16-18H2,1-5H3. The predicted octanol–water partition coefficient (Wildman–Crippen LogP) is 5.94. The van der Waals surface area contributed by atoms with Crippen LogP contribution in [0.15, 0.2) is 58.2 Å². The smallest absolute Gasteiger partial charge is 0.290 e. The predicted molar refractivity (Wildman–Crippen MR) is 157 cm³/mol. The Kier molecular flexibility index (Phi) is 9.94. The average molecular weight is 565 g/mol. The lowest BCUT2D eigenvalue weighted by molar-refractivity contribution is -0.129. The van der Waals surface area contributed by atoms with E-state index in [1.54, 1.807) is 35.2 Å². The van der Waals surface area contributed by atoms with Crippen LogP contribution in [0, 0.1) is 0 Å². The van der Waals surface area contributed by atoms with Gasteiger partial charge < -0.3 is 33.5 Å². The van der Waals surface area contributed by atoms with Gasteiger partial charge >= 0.3 is 0 Å². The SMILES string of the molecule is CCCCCOc1ccc(C2C(C(=O)c3cc4cccc(OC)c4o3)=C(O)C(=O)N2CCCN(C)C)cc1OCC. The van der Waals surface area contributed by atoms with E-state index in [1.165, 1.54) is 7.11 Å². The number of aliphatic hydroxyl groups is 1. The van der Waals surface area contributed by atoms with Crippen molar-refractivity contribution in [3.63, 3.8) is 0 Å². The van der Waals surface area contributed by atoms with Crippen molar-refractivity contribution < 1.29 is 33.3 Å². The van der Waals surface area contributed by atoms with Crippen LogP contribution in [0.1, 0.15) is 61.7 Å². The number of aliphatic hydroxyl groups excluding tert-OH is 1. The third-order valence-corrected chi connectivity index (χ3v) is 7.09. The van der Waals surface area contributed by atoms with E-state index in [1.807, 2.05) is 38.1 Å². The second-order valence-corrected chi connectivity index (χ2v) is 10.3. The minimum absolute atomic E-state index is 0.0138. The zero-order valence-corrected chi connectivity index (χ0v) is 24.6. The molecule has 1 amide bonds. The number of rotatable bonds is 15. The topological polar surface area (TPSA) is 102 Å². The van der Waals surface area contributed by atoms with Crippen LogP contribution in [0.3, 0.4) is 0 Å². The molecule has 0 bridgehead atoms. The number of fused-ring (bicyclic) bond motifs is 1. The largest absolute Gasteiger partial charge is 0.503 e. The van der Waals surface area contributed by atoms with Gasteiger partial charge in [0, 0.05) is 11.9 Å². The molecular weight excluding hydrogens is 524 g/mol. The second-order valence-electron chi connectivity index (χ2n) is 10.3. The van der Waals surface area contributed by atoms with Gasteiger partial charge in [0.25, 0.3) is 5.91 Å². The summed E-state index contributed by atoms with van der Waals surface area (Å²) in [5.41, 5.74) is 1.02. The van der Waals surface area contributed by atoms with Crippen LogP contribution in [-0.4, -0.2) is 74.1 Å². The van der Waals surface area contributed by atoms with Crippen LogP contribution < -0.4 is 14.2 Å². The first-order valence-corrected chi connectivity index (χ1v) is 14.2. The molecule has 0 saturated carbocycles. The third-order valence-electron chi connectivity index (χ3n) is 7.09. The minimum atomic E-state index is -0.833. The monoisotopic (exact) mass is 564 g/mol. The molecule has 9 heteroatoms. The van der Waals surface area contributed by atoms with Gasteiger partial charge in [0.2, 0.25) is 5.78 Å². The summed E-state index contributed by atoms with van der Waals surface area (Å²) in [5, 5.41) is 11.8. The Morgan fingerprint density at radius 1 is 1.02 bits per heavy atom. The van der Waals surface area contributed by atoms with Crippen LogP contribution in [0.4, 0.5) is 0 Å². The number of amides is 1. The fraction of sp³-hybridized carbons (Fsp3) is 0.438. The first-order valence-electron chi connectivity index (χ1n) is 14.2. The molecular formula is C32H40N2O7. The first-order chi connectivity index (χ1) is 19.8. The average Bonchev–Trinajstić information content (AvgIpc) is 3.51. The summed E-state index contributed by atoms with van der Waals surface area (Å²) in [7, 11) is 5.44. The number of carbonyl (C=O) groups is 2. The van der Waals surface area contributed by atoms with Crippen LogP contribution in [-0.2, 0) is 4.79 Å². The molecule has 0 spiro atoms. The highest BCUT2D eigenvalue weighted by atomic mass is 16.5. The maximum atomic E-state index is 14.0. The summed E-state index contributed by atoms with van der Waals surface area (Å²) in [5.74, 6) is -0.111. The van der Waals surface area contributed by atoms with Crippen molar-refractivity contribution in [2.24, 2.45) is 0 Å². The maximum absolute atomic E-state index is 14.0. The molecule has 0 fully saturated rings. The van der Waals surface area contributed by atoms with E-state index in [9.17, 15) is 14.7 Å². The molecule has 2 heterocycles. The molecule has 0 saturated heterocycles. The second kappa shape index (κ2) is 13.6. The number of furan rings is 1. The number of nitrogens with zero attached hydrogens (tertiary/aromatic N) is 2. The number of ether oxygens (including phenoxy) is 3. The lowest BCUT2D eigenvalue weighted by Gasteiger charge is -2.28. The lowest BCUT2D eigenvalue weighted by Crippen LogP contribution is -2.33. The summed E-state index contributed by atoms with van der Waals surface area (Å²) in [4.78, 5) is 30.9. The summed E-state index contributed by atoms with van der Waals surface area (Å²) in [6.07, 6.45) is 3.74. The Labute approximate surface area is 241 Å². The van der Waals surface area contributed by atoms with Crippen molar-refractivity contribution in [2.45, 2.75) is 45.6 Å². The molecule has 2 aromatic carbocycles. The van der Waals surface area contributed by atoms with E-state index in [2.05, 4.69) is 6.92 Å². The van der Waals surface area contributed by atoms with Gasteiger partial charge in [-0.1, -0.05) is 38.0 Å². The van der Waals surface area contributed by atoms with Gasteiger partial charge in [0.1, 0.15) is 0 Å². The number of benzene rings is 2. The van der Waals surface area contributed by atoms with Crippen LogP contribution in [0.25, 0.3) is 11.0 Å². The fourth-order valence-corrected chi connectivity index (χ4v) is 5.08. The van der Waals surface area contributed by atoms with Gasteiger partial charge in [-0.25, -0.2) is 0 Å². The molecule has 220 valence electrons. The molecule has 0 radical (unpaired) electrons. The first kappa shape index (κ1) is 30.0. The number of hydrogen-bond donors (Lipinski definition) is 1. The molecule has 0 aliphatic carbocycles. The van der Waals surface area contributed by atoms with Crippen molar-refractivity contribution in [3.05, 3.63) is 65.1 Å². The molecule has 1 aliphatic rings. The van der Waals surface area contributed by atoms with Crippen LogP contribution in [0.2, 0.25) is 0 Å². The highest BCUT2D eigenvalue weighted by Gasteiger charge is 2.44. The lowest BCUT2D eigenvalue weighted by atomic mass is 9.94. The number of ketones is 1. The number of carbonyl (C=O) groups excluding carboxylic acids is 2. The Hall–Kier alpha value is -3.98. The van der Waals surface area contributed by atoms with Crippen molar-refractivity contribution in [2.75, 3.05) is 47.5 Å². The Morgan fingerprint density at radius 2 is 1.83 bits per heavy atom. The molecule has 1 N–H and O–H groups in total.